The van der Waals surface area contributed by atoms with Gasteiger partial charge in [0.2, 0.25) is 11.9 Å². The van der Waals surface area contributed by atoms with Gasteiger partial charge in [0.15, 0.2) is 0 Å². The van der Waals surface area contributed by atoms with E-state index in [0.717, 1.165) is 24.7 Å². The number of aromatic nitrogens is 3. The van der Waals surface area contributed by atoms with Crippen molar-refractivity contribution in [2.24, 2.45) is 0 Å². The largest absolute Gasteiger partial charge is 0.339 e. The number of carbonyl (C=O) groups excluding carboxylic acids is 1. The lowest BCUT2D eigenvalue weighted by molar-refractivity contribution is -0.130. The highest BCUT2D eigenvalue weighted by molar-refractivity contribution is 7.07. The quantitative estimate of drug-likeness (QED) is 0.837. The summed E-state index contributed by atoms with van der Waals surface area (Å²) in [5.41, 5.74) is 2.61. The Labute approximate surface area is 121 Å². The van der Waals surface area contributed by atoms with Gasteiger partial charge in [0, 0.05) is 44.0 Å². The van der Waals surface area contributed by atoms with E-state index in [2.05, 4.69) is 19.9 Å². The third-order valence-electron chi connectivity index (χ3n) is 3.28. The number of nitrogens with zero attached hydrogens (tertiary/aromatic N) is 5. The smallest absolute Gasteiger partial charge is 0.228 e. The molecule has 2 aromatic rings. The van der Waals surface area contributed by atoms with Crippen molar-refractivity contribution in [2.75, 3.05) is 31.1 Å². The van der Waals surface area contributed by atoms with Crippen LogP contribution in [-0.2, 0) is 11.2 Å². The van der Waals surface area contributed by atoms with E-state index in [1.165, 1.54) is 11.3 Å². The number of amides is 1. The average Bonchev–Trinajstić information content (AvgIpc) is 3.01. The Morgan fingerprint density at radius 3 is 2.55 bits per heavy atom. The predicted octanol–water partition coefficient (Wildman–Crippen LogP) is 0.824. The standard InChI is InChI=1S/C13H15N5OS/c19-12(8-11-9-20-10-16-11)17-4-6-18(7-5-17)13-14-2-1-3-15-13/h1-3,9-10H,4-8H2. The zero-order chi connectivity index (χ0) is 13.8. The van der Waals surface area contributed by atoms with E-state index in [0.29, 0.717) is 19.5 Å². The van der Waals surface area contributed by atoms with Crippen LogP contribution >= 0.6 is 11.3 Å². The van der Waals surface area contributed by atoms with Crippen molar-refractivity contribution in [2.45, 2.75) is 6.42 Å². The van der Waals surface area contributed by atoms with Gasteiger partial charge in [-0.05, 0) is 6.07 Å². The maximum absolute atomic E-state index is 12.1. The first-order chi connectivity index (χ1) is 9.83. The molecule has 6 nitrogen and oxygen atoms in total. The topological polar surface area (TPSA) is 62.2 Å². The van der Waals surface area contributed by atoms with Gasteiger partial charge in [0.05, 0.1) is 17.6 Å². The van der Waals surface area contributed by atoms with Gasteiger partial charge in [-0.3, -0.25) is 4.79 Å². The number of hydrogen-bond acceptors (Lipinski definition) is 6. The molecule has 0 bridgehead atoms. The van der Waals surface area contributed by atoms with Crippen molar-refractivity contribution in [1.82, 2.24) is 19.9 Å². The molecular formula is C13H15N5OS. The Morgan fingerprint density at radius 2 is 1.90 bits per heavy atom. The average molecular weight is 289 g/mol. The Kier molecular flexibility index (Phi) is 3.87. The predicted molar refractivity (Wildman–Crippen MR) is 76.6 cm³/mol. The van der Waals surface area contributed by atoms with Crippen molar-refractivity contribution in [3.8, 4) is 0 Å². The van der Waals surface area contributed by atoms with Crippen LogP contribution in [0.3, 0.4) is 0 Å². The van der Waals surface area contributed by atoms with E-state index in [9.17, 15) is 4.79 Å². The van der Waals surface area contributed by atoms with E-state index >= 15 is 0 Å². The van der Waals surface area contributed by atoms with Crippen LogP contribution in [0.15, 0.2) is 29.4 Å². The van der Waals surface area contributed by atoms with Crippen LogP contribution in [0.4, 0.5) is 5.95 Å². The zero-order valence-corrected chi connectivity index (χ0v) is 11.8. The minimum Gasteiger partial charge on any atom is -0.339 e. The van der Waals surface area contributed by atoms with E-state index in [1.54, 1.807) is 24.0 Å². The number of thiazole rings is 1. The van der Waals surface area contributed by atoms with Gasteiger partial charge in [0.25, 0.3) is 0 Å². The zero-order valence-electron chi connectivity index (χ0n) is 11.0. The third kappa shape index (κ3) is 2.93. The lowest BCUT2D eigenvalue weighted by Gasteiger charge is -2.34. The molecular weight excluding hydrogens is 274 g/mol. The fourth-order valence-electron chi connectivity index (χ4n) is 2.20. The second-order valence-electron chi connectivity index (χ2n) is 4.57. The normalized spacial score (nSPS) is 15.4. The summed E-state index contributed by atoms with van der Waals surface area (Å²) in [5.74, 6) is 0.878. The molecule has 0 saturated carbocycles. The summed E-state index contributed by atoms with van der Waals surface area (Å²) >= 11 is 1.52. The number of carbonyl (C=O) groups is 1. The van der Waals surface area contributed by atoms with Crippen molar-refractivity contribution in [1.29, 1.82) is 0 Å². The summed E-state index contributed by atoms with van der Waals surface area (Å²) in [6.07, 6.45) is 3.87. The monoisotopic (exact) mass is 289 g/mol. The van der Waals surface area contributed by atoms with Crippen LogP contribution in [0.2, 0.25) is 0 Å². The van der Waals surface area contributed by atoms with Crippen LogP contribution in [0.25, 0.3) is 0 Å². The van der Waals surface area contributed by atoms with Gasteiger partial charge in [-0.25, -0.2) is 15.0 Å². The number of hydrogen-bond donors (Lipinski definition) is 0. The minimum absolute atomic E-state index is 0.143. The maximum atomic E-state index is 12.1. The molecule has 0 unspecified atom stereocenters. The fraction of sp³-hybridized carbons (Fsp3) is 0.385. The molecule has 3 rings (SSSR count). The third-order valence-corrected chi connectivity index (χ3v) is 3.92. The Balaban J connectivity index is 1.54. The van der Waals surface area contributed by atoms with Gasteiger partial charge >= 0.3 is 0 Å². The fourth-order valence-corrected chi connectivity index (χ4v) is 2.76. The lowest BCUT2D eigenvalue weighted by Crippen LogP contribution is -2.49. The lowest BCUT2D eigenvalue weighted by atomic mass is 10.2. The Hall–Kier alpha value is -2.02. The molecule has 1 amide bonds. The number of anilines is 1. The van der Waals surface area contributed by atoms with E-state index in [1.807, 2.05) is 10.3 Å². The highest BCUT2D eigenvalue weighted by Gasteiger charge is 2.22. The highest BCUT2D eigenvalue weighted by Crippen LogP contribution is 2.11. The van der Waals surface area contributed by atoms with Crippen molar-refractivity contribution < 1.29 is 4.79 Å². The van der Waals surface area contributed by atoms with E-state index in [-0.39, 0.29) is 5.91 Å². The first kappa shape index (κ1) is 13.0. The van der Waals surface area contributed by atoms with Crippen LogP contribution < -0.4 is 4.90 Å². The van der Waals surface area contributed by atoms with Crippen LogP contribution in [0.5, 0.6) is 0 Å². The molecule has 0 radical (unpaired) electrons. The SMILES string of the molecule is O=C(Cc1cscn1)N1CCN(c2ncccn2)CC1. The molecule has 0 N–H and O–H groups in total. The molecule has 0 atom stereocenters. The maximum Gasteiger partial charge on any atom is 0.228 e. The molecule has 7 heteroatoms. The summed E-state index contributed by atoms with van der Waals surface area (Å²) in [7, 11) is 0. The van der Waals surface area contributed by atoms with Gasteiger partial charge in [0.1, 0.15) is 0 Å². The van der Waals surface area contributed by atoms with E-state index in [4.69, 9.17) is 0 Å². The summed E-state index contributed by atoms with van der Waals surface area (Å²) in [6, 6.07) is 1.80. The van der Waals surface area contributed by atoms with Crippen LogP contribution in [-0.4, -0.2) is 51.9 Å². The second kappa shape index (κ2) is 5.96. The first-order valence-electron chi connectivity index (χ1n) is 6.50. The van der Waals surface area contributed by atoms with Gasteiger partial charge in [-0.15, -0.1) is 11.3 Å². The van der Waals surface area contributed by atoms with E-state index < -0.39 is 0 Å². The highest BCUT2D eigenvalue weighted by atomic mass is 32.1. The molecule has 2 aromatic heterocycles. The second-order valence-corrected chi connectivity index (χ2v) is 5.29. The molecule has 20 heavy (non-hydrogen) atoms. The van der Waals surface area contributed by atoms with Crippen LogP contribution in [0.1, 0.15) is 5.69 Å². The van der Waals surface area contributed by atoms with Crippen molar-refractivity contribution >= 4 is 23.2 Å². The molecule has 0 aliphatic carbocycles. The molecule has 1 aliphatic heterocycles. The molecule has 1 fully saturated rings. The molecule has 3 heterocycles. The summed E-state index contributed by atoms with van der Waals surface area (Å²) < 4.78 is 0. The summed E-state index contributed by atoms with van der Waals surface area (Å²) in [5, 5.41) is 1.92. The summed E-state index contributed by atoms with van der Waals surface area (Å²) in [6.45, 7) is 2.96. The first-order valence-corrected chi connectivity index (χ1v) is 7.44. The van der Waals surface area contributed by atoms with Crippen LogP contribution in [0, 0.1) is 0 Å². The summed E-state index contributed by atoms with van der Waals surface area (Å²) in [4.78, 5) is 28.8. The molecule has 1 saturated heterocycles. The Bertz CT molecular complexity index is 551. The molecule has 0 spiro atoms. The Morgan fingerprint density at radius 1 is 1.15 bits per heavy atom. The van der Waals surface area contributed by atoms with Gasteiger partial charge < -0.3 is 9.80 Å². The molecule has 104 valence electrons. The number of rotatable bonds is 3. The number of piperazine rings is 1. The van der Waals surface area contributed by atoms with Crippen molar-refractivity contribution in [3.05, 3.63) is 35.0 Å². The van der Waals surface area contributed by atoms with Gasteiger partial charge in [-0.2, -0.15) is 0 Å². The molecule has 0 aromatic carbocycles. The van der Waals surface area contributed by atoms with Gasteiger partial charge in [-0.1, -0.05) is 0 Å². The minimum atomic E-state index is 0.143. The molecule has 1 aliphatic rings. The van der Waals surface area contributed by atoms with Crippen molar-refractivity contribution in [3.63, 3.8) is 0 Å².